The predicted octanol–water partition coefficient (Wildman–Crippen LogP) is 2.16. The Balaban J connectivity index is 1.29. The van der Waals surface area contributed by atoms with Crippen molar-refractivity contribution in [1.29, 1.82) is 0 Å². The van der Waals surface area contributed by atoms with E-state index >= 15 is 0 Å². The number of aromatic nitrogens is 1. The van der Waals surface area contributed by atoms with Gasteiger partial charge in [0, 0.05) is 38.8 Å². The topological polar surface area (TPSA) is 105 Å². The van der Waals surface area contributed by atoms with Crippen LogP contribution in [0.5, 0.6) is 5.88 Å². The van der Waals surface area contributed by atoms with Gasteiger partial charge in [0.2, 0.25) is 5.88 Å². The molecule has 0 saturated carbocycles. The van der Waals surface area contributed by atoms with E-state index in [1.165, 1.54) is 6.07 Å². The van der Waals surface area contributed by atoms with E-state index in [0.29, 0.717) is 25.6 Å². The molecule has 0 aliphatic carbocycles. The molecule has 36 heavy (non-hydrogen) atoms. The zero-order valence-corrected chi connectivity index (χ0v) is 20.6. The lowest BCUT2D eigenvalue weighted by Gasteiger charge is -2.38. The number of halogens is 3. The van der Waals surface area contributed by atoms with Gasteiger partial charge >= 0.3 is 12.3 Å². The Morgan fingerprint density at radius 2 is 1.86 bits per heavy atom. The van der Waals surface area contributed by atoms with Crippen LogP contribution in [-0.4, -0.2) is 100 Å². The first kappa shape index (κ1) is 26.9. The predicted molar refractivity (Wildman–Crippen MR) is 121 cm³/mol. The Kier molecular flexibility index (Phi) is 7.70. The maximum Gasteiger partial charge on any atom is 0.433 e. The summed E-state index contributed by atoms with van der Waals surface area (Å²) in [6.45, 7) is 8.55. The first-order valence-electron chi connectivity index (χ1n) is 12.2. The molecule has 4 rings (SSSR count). The molecule has 0 spiro atoms. The Morgan fingerprint density at radius 3 is 2.56 bits per heavy atom. The highest BCUT2D eigenvalue weighted by molar-refractivity contribution is 5.68. The number of carbonyl (C=O) groups excluding carboxylic acids is 1. The number of aliphatic hydroxyl groups excluding tert-OH is 2. The Bertz CT molecular complexity index is 927. The van der Waals surface area contributed by atoms with Crippen molar-refractivity contribution in [3.63, 3.8) is 0 Å². The summed E-state index contributed by atoms with van der Waals surface area (Å²) in [6, 6.07) is 3.25. The molecule has 0 bridgehead atoms. The quantitative estimate of drug-likeness (QED) is 0.626. The number of nitrogens with zero attached hydrogens (tertiary/aromatic N) is 3. The Hall–Kier alpha value is -2.15. The van der Waals surface area contributed by atoms with Gasteiger partial charge < -0.3 is 34.2 Å². The fourth-order valence-electron chi connectivity index (χ4n) is 5.07. The SMILES string of the molecule is CC(C)(C)OC(=O)N1CCC2CN(C[C@H]3OC[C@H](Oc4cccc(C(F)(F)F)n4)[C@@H](O)[C@H]3O)CC2C1. The van der Waals surface area contributed by atoms with Crippen molar-refractivity contribution < 1.29 is 42.4 Å². The molecule has 3 saturated heterocycles. The molecule has 1 amide bonds. The molecule has 0 aromatic carbocycles. The summed E-state index contributed by atoms with van der Waals surface area (Å²) < 4.78 is 55.4. The average molecular weight is 518 g/mol. The van der Waals surface area contributed by atoms with Crippen molar-refractivity contribution >= 4 is 6.09 Å². The molecule has 12 heteroatoms. The van der Waals surface area contributed by atoms with Crippen molar-refractivity contribution in [2.45, 2.75) is 63.4 Å². The average Bonchev–Trinajstić information content (AvgIpc) is 3.19. The zero-order chi connectivity index (χ0) is 26.3. The Labute approximate surface area is 208 Å². The van der Waals surface area contributed by atoms with E-state index < -0.39 is 41.9 Å². The van der Waals surface area contributed by atoms with Gasteiger partial charge in [0.15, 0.2) is 6.10 Å². The zero-order valence-electron chi connectivity index (χ0n) is 20.6. The molecule has 0 radical (unpaired) electrons. The van der Waals surface area contributed by atoms with Gasteiger partial charge in [0.25, 0.3) is 0 Å². The maximum absolute atomic E-state index is 12.9. The number of aliphatic hydroxyl groups is 2. The maximum atomic E-state index is 12.9. The molecular formula is C24H34F3N3O6. The number of hydrogen-bond acceptors (Lipinski definition) is 8. The van der Waals surface area contributed by atoms with E-state index in [-0.39, 0.29) is 24.5 Å². The van der Waals surface area contributed by atoms with Crippen LogP contribution >= 0.6 is 0 Å². The molecule has 2 N–H and O–H groups in total. The molecule has 4 heterocycles. The van der Waals surface area contributed by atoms with Gasteiger partial charge in [0.1, 0.15) is 23.5 Å². The van der Waals surface area contributed by atoms with E-state index in [1.54, 1.807) is 4.90 Å². The van der Waals surface area contributed by atoms with Crippen LogP contribution in [0.25, 0.3) is 0 Å². The van der Waals surface area contributed by atoms with Gasteiger partial charge in [-0.2, -0.15) is 13.2 Å². The third kappa shape index (κ3) is 6.39. The number of likely N-dealkylation sites (tertiary alicyclic amines) is 2. The van der Waals surface area contributed by atoms with E-state index in [1.807, 2.05) is 20.8 Å². The smallest absolute Gasteiger partial charge is 0.433 e. The molecule has 1 aromatic heterocycles. The first-order valence-corrected chi connectivity index (χ1v) is 12.2. The third-order valence-corrected chi connectivity index (χ3v) is 6.84. The van der Waals surface area contributed by atoms with Gasteiger partial charge in [-0.15, -0.1) is 0 Å². The highest BCUT2D eigenvalue weighted by Crippen LogP contribution is 2.33. The van der Waals surface area contributed by atoms with E-state index in [2.05, 4.69) is 9.88 Å². The number of alkyl halides is 3. The fourth-order valence-corrected chi connectivity index (χ4v) is 5.07. The van der Waals surface area contributed by atoms with Gasteiger partial charge in [-0.1, -0.05) is 6.07 Å². The largest absolute Gasteiger partial charge is 0.469 e. The van der Waals surface area contributed by atoms with Gasteiger partial charge in [-0.25, -0.2) is 9.78 Å². The first-order chi connectivity index (χ1) is 16.8. The lowest BCUT2D eigenvalue weighted by atomic mass is 9.89. The van der Waals surface area contributed by atoms with Gasteiger partial charge in [-0.3, -0.25) is 0 Å². The standard InChI is InChI=1S/C24H34F3N3O6/c1-23(2,3)36-22(33)30-8-7-14-9-29(10-15(14)11-30)12-16-20(31)21(32)17(13-34-16)35-19-6-4-5-18(28-19)24(25,26)27/h4-6,14-17,20-21,31-32H,7-13H2,1-3H3/t14?,15?,16-,17+,20+,21-/m1/s1. The second-order valence-corrected chi connectivity index (χ2v) is 10.8. The molecule has 3 fully saturated rings. The highest BCUT2D eigenvalue weighted by atomic mass is 19.4. The second kappa shape index (κ2) is 10.3. The van der Waals surface area contributed by atoms with Crippen LogP contribution in [0, 0.1) is 11.8 Å². The lowest BCUT2D eigenvalue weighted by molar-refractivity contribution is -0.184. The highest BCUT2D eigenvalue weighted by Gasteiger charge is 2.44. The number of rotatable bonds is 4. The van der Waals surface area contributed by atoms with Crippen LogP contribution < -0.4 is 4.74 Å². The summed E-state index contributed by atoms with van der Waals surface area (Å²) in [6.07, 6.45) is -8.45. The van der Waals surface area contributed by atoms with E-state index in [4.69, 9.17) is 14.2 Å². The van der Waals surface area contributed by atoms with Crippen molar-refractivity contribution in [1.82, 2.24) is 14.8 Å². The molecule has 202 valence electrons. The summed E-state index contributed by atoms with van der Waals surface area (Å²) in [4.78, 5) is 19.8. The van der Waals surface area contributed by atoms with Crippen molar-refractivity contribution in [3.05, 3.63) is 23.9 Å². The summed E-state index contributed by atoms with van der Waals surface area (Å²) in [5.74, 6) is 0.388. The summed E-state index contributed by atoms with van der Waals surface area (Å²) in [7, 11) is 0. The summed E-state index contributed by atoms with van der Waals surface area (Å²) in [5.41, 5.74) is -1.66. The minimum absolute atomic E-state index is 0.103. The lowest BCUT2D eigenvalue weighted by Crippen LogP contribution is -2.57. The second-order valence-electron chi connectivity index (χ2n) is 10.8. The van der Waals surface area contributed by atoms with Crippen LogP contribution in [0.15, 0.2) is 18.2 Å². The number of carbonyl (C=O) groups is 1. The van der Waals surface area contributed by atoms with Gasteiger partial charge in [0.05, 0.1) is 12.7 Å². The molecule has 3 aliphatic heterocycles. The molecule has 9 nitrogen and oxygen atoms in total. The normalized spacial score (nSPS) is 31.7. The van der Waals surface area contributed by atoms with E-state index in [9.17, 15) is 28.2 Å². The van der Waals surface area contributed by atoms with Crippen LogP contribution in [0.1, 0.15) is 32.9 Å². The molecular weight excluding hydrogens is 483 g/mol. The molecule has 1 aromatic rings. The van der Waals surface area contributed by atoms with Crippen molar-refractivity contribution in [2.75, 3.05) is 39.3 Å². The van der Waals surface area contributed by atoms with Crippen LogP contribution in [0.2, 0.25) is 0 Å². The monoisotopic (exact) mass is 517 g/mol. The number of piperidine rings is 1. The summed E-state index contributed by atoms with van der Waals surface area (Å²) >= 11 is 0. The third-order valence-electron chi connectivity index (χ3n) is 6.84. The molecule has 3 aliphatic rings. The van der Waals surface area contributed by atoms with Crippen molar-refractivity contribution in [2.24, 2.45) is 11.8 Å². The van der Waals surface area contributed by atoms with Crippen molar-refractivity contribution in [3.8, 4) is 5.88 Å². The van der Waals surface area contributed by atoms with Crippen LogP contribution in [-0.2, 0) is 15.7 Å². The molecule has 2 unspecified atom stereocenters. The number of pyridine rings is 1. The van der Waals surface area contributed by atoms with Crippen LogP contribution in [0.4, 0.5) is 18.0 Å². The fraction of sp³-hybridized carbons (Fsp3) is 0.750. The number of amides is 1. The number of fused-ring (bicyclic) bond motifs is 1. The van der Waals surface area contributed by atoms with Gasteiger partial charge in [-0.05, 0) is 45.1 Å². The summed E-state index contributed by atoms with van der Waals surface area (Å²) in [5, 5.41) is 21.2. The number of hydrogen-bond donors (Lipinski definition) is 2. The molecule has 6 atom stereocenters. The van der Waals surface area contributed by atoms with E-state index in [0.717, 1.165) is 31.6 Å². The number of ether oxygens (including phenoxy) is 3. The minimum Gasteiger partial charge on any atom is -0.469 e. The van der Waals surface area contributed by atoms with Crippen LogP contribution in [0.3, 0.4) is 0 Å². The Morgan fingerprint density at radius 1 is 1.14 bits per heavy atom. The minimum atomic E-state index is -4.62.